The lowest BCUT2D eigenvalue weighted by atomic mass is 10.1. The van der Waals surface area contributed by atoms with Gasteiger partial charge in [0.2, 0.25) is 10.0 Å². The predicted octanol–water partition coefficient (Wildman–Crippen LogP) is 1.71. The summed E-state index contributed by atoms with van der Waals surface area (Å²) in [5.41, 5.74) is 2.46. The molecule has 19 heavy (non-hydrogen) atoms. The molecule has 1 aromatic rings. The van der Waals surface area contributed by atoms with Gasteiger partial charge in [0.1, 0.15) is 0 Å². The third-order valence-corrected chi connectivity index (χ3v) is 3.89. The molecule has 1 rings (SSSR count). The first-order valence-corrected chi connectivity index (χ1v) is 7.75. The molecule has 0 atom stereocenters. The van der Waals surface area contributed by atoms with Crippen LogP contribution in [0, 0.1) is 13.8 Å². The highest BCUT2D eigenvalue weighted by Gasteiger charge is 2.13. The number of methoxy groups -OCH3 is 1. The van der Waals surface area contributed by atoms with Crippen molar-refractivity contribution in [1.82, 2.24) is 0 Å². The summed E-state index contributed by atoms with van der Waals surface area (Å²) in [6.45, 7) is 4.77. The summed E-state index contributed by atoms with van der Waals surface area (Å²) in [7, 11) is -1.81. The molecule has 0 bridgehead atoms. The summed E-state index contributed by atoms with van der Waals surface area (Å²) in [5, 5.41) is 0. The molecule has 0 aliphatic rings. The molecule has 1 N–H and O–H groups in total. The van der Waals surface area contributed by atoms with Crippen molar-refractivity contribution in [1.29, 1.82) is 0 Å². The van der Waals surface area contributed by atoms with Gasteiger partial charge in [0, 0.05) is 7.11 Å². The standard InChI is InChI=1S/C13H21NO4S/c1-11-5-4-6-12(2)13(11)14-19(15,16)10-9-18-8-7-17-3/h4-6,14H,7-10H2,1-3H3. The Labute approximate surface area is 115 Å². The van der Waals surface area contributed by atoms with Crippen molar-refractivity contribution < 1.29 is 17.9 Å². The van der Waals surface area contributed by atoms with Crippen LogP contribution >= 0.6 is 0 Å². The number of para-hydroxylation sites is 1. The van der Waals surface area contributed by atoms with Crippen LogP contribution in [0.4, 0.5) is 5.69 Å². The number of rotatable bonds is 8. The van der Waals surface area contributed by atoms with Gasteiger partial charge in [0.25, 0.3) is 0 Å². The molecule has 0 unspecified atom stereocenters. The highest BCUT2D eigenvalue weighted by atomic mass is 32.2. The highest BCUT2D eigenvalue weighted by Crippen LogP contribution is 2.20. The monoisotopic (exact) mass is 287 g/mol. The zero-order valence-corrected chi connectivity index (χ0v) is 12.4. The smallest absolute Gasteiger partial charge is 0.235 e. The van der Waals surface area contributed by atoms with E-state index in [1.54, 1.807) is 7.11 Å². The lowest BCUT2D eigenvalue weighted by Gasteiger charge is -2.13. The molecule has 0 saturated carbocycles. The second-order valence-corrected chi connectivity index (χ2v) is 6.13. The maximum atomic E-state index is 11.9. The van der Waals surface area contributed by atoms with E-state index in [0.717, 1.165) is 11.1 Å². The van der Waals surface area contributed by atoms with E-state index in [1.165, 1.54) is 0 Å². The number of benzene rings is 1. The first-order chi connectivity index (χ1) is 8.96. The molecular formula is C13H21NO4S. The first-order valence-electron chi connectivity index (χ1n) is 6.09. The molecule has 0 aliphatic carbocycles. The molecule has 1 aromatic carbocycles. The van der Waals surface area contributed by atoms with Gasteiger partial charge >= 0.3 is 0 Å². The van der Waals surface area contributed by atoms with E-state index in [2.05, 4.69) is 4.72 Å². The van der Waals surface area contributed by atoms with Crippen LogP contribution in [-0.4, -0.2) is 41.1 Å². The van der Waals surface area contributed by atoms with Crippen LogP contribution in [0.1, 0.15) is 11.1 Å². The van der Waals surface area contributed by atoms with Gasteiger partial charge in [-0.25, -0.2) is 8.42 Å². The van der Waals surface area contributed by atoms with Gasteiger partial charge in [-0.05, 0) is 25.0 Å². The van der Waals surface area contributed by atoms with Crippen LogP contribution in [-0.2, 0) is 19.5 Å². The van der Waals surface area contributed by atoms with Crippen LogP contribution in [0.3, 0.4) is 0 Å². The largest absolute Gasteiger partial charge is 0.382 e. The number of sulfonamides is 1. The molecule has 0 saturated heterocycles. The Kier molecular flexibility index (Phi) is 6.27. The molecule has 0 heterocycles. The van der Waals surface area contributed by atoms with E-state index < -0.39 is 10.0 Å². The van der Waals surface area contributed by atoms with Crippen molar-refractivity contribution >= 4 is 15.7 Å². The fourth-order valence-corrected chi connectivity index (χ4v) is 2.67. The summed E-state index contributed by atoms with van der Waals surface area (Å²) in [4.78, 5) is 0. The Morgan fingerprint density at radius 2 is 1.74 bits per heavy atom. The first kappa shape index (κ1) is 15.9. The Morgan fingerprint density at radius 3 is 2.32 bits per heavy atom. The van der Waals surface area contributed by atoms with Crippen LogP contribution in [0.2, 0.25) is 0 Å². The quantitative estimate of drug-likeness (QED) is 0.739. The Balaban J connectivity index is 2.55. The minimum absolute atomic E-state index is 0.0650. The summed E-state index contributed by atoms with van der Waals surface area (Å²) in [5.74, 6) is -0.0650. The van der Waals surface area contributed by atoms with Crippen molar-refractivity contribution in [3.63, 3.8) is 0 Å². The fraction of sp³-hybridized carbons (Fsp3) is 0.538. The van der Waals surface area contributed by atoms with Crippen LogP contribution in [0.25, 0.3) is 0 Å². The molecule has 0 radical (unpaired) electrons. The van der Waals surface area contributed by atoms with Gasteiger partial charge in [0.05, 0.1) is 31.3 Å². The van der Waals surface area contributed by atoms with Gasteiger partial charge in [-0.15, -0.1) is 0 Å². The fourth-order valence-electron chi connectivity index (χ4n) is 1.59. The SMILES string of the molecule is COCCOCCS(=O)(=O)Nc1c(C)cccc1C. The van der Waals surface area contributed by atoms with E-state index in [4.69, 9.17) is 9.47 Å². The number of hydrogen-bond donors (Lipinski definition) is 1. The van der Waals surface area contributed by atoms with E-state index in [9.17, 15) is 8.42 Å². The van der Waals surface area contributed by atoms with Gasteiger partial charge in [0.15, 0.2) is 0 Å². The lowest BCUT2D eigenvalue weighted by molar-refractivity contribution is 0.0785. The number of nitrogens with one attached hydrogen (secondary N) is 1. The molecule has 0 fully saturated rings. The third-order valence-electron chi connectivity index (χ3n) is 2.67. The molecule has 108 valence electrons. The number of ether oxygens (including phenoxy) is 2. The average molecular weight is 287 g/mol. The second kappa shape index (κ2) is 7.47. The molecule has 0 amide bonds. The highest BCUT2D eigenvalue weighted by molar-refractivity contribution is 7.92. The van der Waals surface area contributed by atoms with Gasteiger partial charge in [-0.2, -0.15) is 0 Å². The van der Waals surface area contributed by atoms with E-state index in [0.29, 0.717) is 18.9 Å². The molecule has 0 aliphatic heterocycles. The summed E-state index contributed by atoms with van der Waals surface area (Å²) >= 11 is 0. The Hall–Kier alpha value is -1.11. The predicted molar refractivity (Wildman–Crippen MR) is 76.0 cm³/mol. The Morgan fingerprint density at radius 1 is 1.11 bits per heavy atom. The average Bonchev–Trinajstić information content (AvgIpc) is 2.34. The van der Waals surface area contributed by atoms with Gasteiger partial charge in [-0.3, -0.25) is 4.72 Å². The number of hydrogen-bond acceptors (Lipinski definition) is 4. The second-order valence-electron chi connectivity index (χ2n) is 4.29. The van der Waals surface area contributed by atoms with E-state index in [-0.39, 0.29) is 12.4 Å². The van der Waals surface area contributed by atoms with Crippen LogP contribution < -0.4 is 4.72 Å². The zero-order valence-electron chi connectivity index (χ0n) is 11.6. The molecular weight excluding hydrogens is 266 g/mol. The minimum Gasteiger partial charge on any atom is -0.382 e. The maximum Gasteiger partial charge on any atom is 0.235 e. The minimum atomic E-state index is -3.38. The third kappa shape index (κ3) is 5.59. The van der Waals surface area contributed by atoms with E-state index in [1.807, 2.05) is 32.0 Å². The molecule has 6 heteroatoms. The molecule has 5 nitrogen and oxygen atoms in total. The van der Waals surface area contributed by atoms with Crippen molar-refractivity contribution in [2.24, 2.45) is 0 Å². The van der Waals surface area contributed by atoms with Crippen molar-refractivity contribution in [2.75, 3.05) is 37.4 Å². The lowest BCUT2D eigenvalue weighted by Crippen LogP contribution is -2.21. The summed E-state index contributed by atoms with van der Waals surface area (Å²) in [6.07, 6.45) is 0. The Bertz CT molecular complexity index is 479. The summed E-state index contributed by atoms with van der Waals surface area (Å²) in [6, 6.07) is 5.65. The topological polar surface area (TPSA) is 64.6 Å². The van der Waals surface area contributed by atoms with Crippen molar-refractivity contribution in [2.45, 2.75) is 13.8 Å². The van der Waals surface area contributed by atoms with Crippen LogP contribution in [0.5, 0.6) is 0 Å². The maximum absolute atomic E-state index is 11.9. The van der Waals surface area contributed by atoms with Crippen molar-refractivity contribution in [3.8, 4) is 0 Å². The van der Waals surface area contributed by atoms with Gasteiger partial charge in [-0.1, -0.05) is 18.2 Å². The number of aryl methyl sites for hydroxylation is 2. The molecule has 0 spiro atoms. The normalized spacial score (nSPS) is 11.5. The zero-order chi connectivity index (χ0) is 14.3. The summed E-state index contributed by atoms with van der Waals surface area (Å²) < 4.78 is 36.4. The van der Waals surface area contributed by atoms with Gasteiger partial charge < -0.3 is 9.47 Å². The number of anilines is 1. The van der Waals surface area contributed by atoms with Crippen LogP contribution in [0.15, 0.2) is 18.2 Å². The van der Waals surface area contributed by atoms with E-state index >= 15 is 0 Å². The van der Waals surface area contributed by atoms with Crippen molar-refractivity contribution in [3.05, 3.63) is 29.3 Å². The molecule has 0 aromatic heterocycles.